The van der Waals surface area contributed by atoms with Gasteiger partial charge in [0.05, 0.1) is 23.5 Å². The van der Waals surface area contributed by atoms with E-state index in [1.54, 1.807) is 0 Å². The lowest BCUT2D eigenvalue weighted by Gasteiger charge is -2.11. The highest BCUT2D eigenvalue weighted by molar-refractivity contribution is 7.90. The lowest BCUT2D eigenvalue weighted by Crippen LogP contribution is -2.13. The second-order valence-corrected chi connectivity index (χ2v) is 5.82. The minimum absolute atomic E-state index is 0.0772. The number of aldehydes is 1. The van der Waals surface area contributed by atoms with Gasteiger partial charge in [0, 0.05) is 6.26 Å². The molecule has 0 saturated heterocycles. The first-order chi connectivity index (χ1) is 8.63. The molecule has 0 aliphatic heterocycles. The number of benzene rings is 1. The number of hydrogen-bond donors (Lipinski definition) is 0. The molecule has 0 atom stereocenters. The van der Waals surface area contributed by atoms with Crippen molar-refractivity contribution in [3.63, 3.8) is 0 Å². The zero-order chi connectivity index (χ0) is 14.7. The maximum atomic E-state index is 11.9. The van der Waals surface area contributed by atoms with Gasteiger partial charge in [-0.15, -0.1) is 0 Å². The van der Waals surface area contributed by atoms with Crippen molar-refractivity contribution in [1.29, 1.82) is 0 Å². The van der Waals surface area contributed by atoms with Crippen LogP contribution in [-0.4, -0.2) is 33.7 Å². The first-order valence-corrected chi connectivity index (χ1v) is 7.01. The van der Waals surface area contributed by atoms with Crippen LogP contribution in [0.4, 0.5) is 13.2 Å². The van der Waals surface area contributed by atoms with Crippen molar-refractivity contribution in [2.24, 2.45) is 0 Å². The lowest BCUT2D eigenvalue weighted by atomic mass is 10.2. The summed E-state index contributed by atoms with van der Waals surface area (Å²) < 4.78 is 63.1. The third kappa shape index (κ3) is 4.90. The van der Waals surface area contributed by atoms with Gasteiger partial charge < -0.3 is 4.74 Å². The highest BCUT2D eigenvalue weighted by Crippen LogP contribution is 2.24. The van der Waals surface area contributed by atoms with Crippen LogP contribution in [0.15, 0.2) is 23.1 Å². The molecule has 0 fully saturated rings. The summed E-state index contributed by atoms with van der Waals surface area (Å²) in [6.07, 6.45) is -4.22. The molecular formula is C11H11F3O4S. The Kier molecular flexibility index (Phi) is 4.56. The molecule has 0 aromatic heterocycles. The Morgan fingerprint density at radius 1 is 1.32 bits per heavy atom. The monoisotopic (exact) mass is 296 g/mol. The minimum Gasteiger partial charge on any atom is -0.492 e. The number of carbonyl (C=O) groups excluding carboxylic acids is 1. The molecule has 19 heavy (non-hydrogen) atoms. The van der Waals surface area contributed by atoms with Crippen molar-refractivity contribution in [3.8, 4) is 5.75 Å². The smallest absolute Gasteiger partial charge is 0.392 e. The molecule has 0 bridgehead atoms. The number of rotatable bonds is 5. The Morgan fingerprint density at radius 2 is 1.95 bits per heavy atom. The van der Waals surface area contributed by atoms with E-state index in [1.807, 2.05) is 0 Å². The topological polar surface area (TPSA) is 60.4 Å². The third-order valence-electron chi connectivity index (χ3n) is 2.18. The van der Waals surface area contributed by atoms with Crippen molar-refractivity contribution in [2.45, 2.75) is 17.5 Å². The molecule has 1 aromatic carbocycles. The Bertz CT molecular complexity index is 564. The van der Waals surface area contributed by atoms with Crippen LogP contribution in [0.25, 0.3) is 0 Å². The van der Waals surface area contributed by atoms with E-state index < -0.39 is 29.0 Å². The summed E-state index contributed by atoms with van der Waals surface area (Å²) in [6.45, 7) is -0.636. The van der Waals surface area contributed by atoms with Gasteiger partial charge in [0.25, 0.3) is 0 Å². The first-order valence-electron chi connectivity index (χ1n) is 5.12. The highest BCUT2D eigenvalue weighted by Gasteiger charge is 2.27. The van der Waals surface area contributed by atoms with Crippen molar-refractivity contribution >= 4 is 16.1 Å². The van der Waals surface area contributed by atoms with Gasteiger partial charge >= 0.3 is 6.18 Å². The third-order valence-corrected chi connectivity index (χ3v) is 3.29. The van der Waals surface area contributed by atoms with Gasteiger partial charge in [0.1, 0.15) is 5.75 Å². The SMILES string of the molecule is CS(=O)(=O)c1ccc(OCCC(F)(F)F)c(C=O)c1. The molecule has 0 saturated carbocycles. The van der Waals surface area contributed by atoms with Gasteiger partial charge in [-0.2, -0.15) is 13.2 Å². The Hall–Kier alpha value is -1.57. The second-order valence-electron chi connectivity index (χ2n) is 3.80. The summed E-state index contributed by atoms with van der Waals surface area (Å²) in [5.74, 6) is -0.0772. The van der Waals surface area contributed by atoms with Gasteiger partial charge in [-0.3, -0.25) is 4.79 Å². The average Bonchev–Trinajstić information content (AvgIpc) is 2.26. The first kappa shape index (κ1) is 15.5. The Labute approximate surface area is 108 Å². The van der Waals surface area contributed by atoms with Gasteiger partial charge in [0.2, 0.25) is 0 Å². The molecule has 1 aromatic rings. The molecule has 0 aliphatic carbocycles. The van der Waals surface area contributed by atoms with Crippen molar-refractivity contribution in [2.75, 3.05) is 12.9 Å². The fourth-order valence-corrected chi connectivity index (χ4v) is 1.91. The van der Waals surface area contributed by atoms with Crippen LogP contribution in [-0.2, 0) is 9.84 Å². The molecule has 1 rings (SSSR count). The minimum atomic E-state index is -4.35. The van der Waals surface area contributed by atoms with Crippen LogP contribution in [0, 0.1) is 0 Å². The van der Waals surface area contributed by atoms with Crippen LogP contribution in [0.1, 0.15) is 16.8 Å². The van der Waals surface area contributed by atoms with Gasteiger partial charge in [-0.05, 0) is 18.2 Å². The zero-order valence-corrected chi connectivity index (χ0v) is 10.7. The fourth-order valence-electron chi connectivity index (χ4n) is 1.26. The van der Waals surface area contributed by atoms with Crippen LogP contribution in [0.5, 0.6) is 5.75 Å². The van der Waals surface area contributed by atoms with E-state index in [9.17, 15) is 26.4 Å². The molecule has 0 spiro atoms. The summed E-state index contributed by atoms with van der Waals surface area (Å²) >= 11 is 0. The molecule has 0 heterocycles. The molecule has 8 heteroatoms. The average molecular weight is 296 g/mol. The summed E-state index contributed by atoms with van der Waals surface area (Å²) in [6, 6.07) is 3.40. The highest BCUT2D eigenvalue weighted by atomic mass is 32.2. The molecular weight excluding hydrogens is 285 g/mol. The van der Waals surface area contributed by atoms with Gasteiger partial charge in [-0.1, -0.05) is 0 Å². The van der Waals surface area contributed by atoms with E-state index in [0.717, 1.165) is 18.4 Å². The number of sulfone groups is 1. The zero-order valence-electron chi connectivity index (χ0n) is 9.90. The fraction of sp³-hybridized carbons (Fsp3) is 0.364. The number of alkyl halides is 3. The number of halogens is 3. The number of ether oxygens (including phenoxy) is 1. The van der Waals surface area contributed by atoms with Crippen LogP contribution < -0.4 is 4.74 Å². The van der Waals surface area contributed by atoms with Crippen LogP contribution >= 0.6 is 0 Å². The van der Waals surface area contributed by atoms with Gasteiger partial charge in [-0.25, -0.2) is 8.42 Å². The van der Waals surface area contributed by atoms with E-state index in [-0.39, 0.29) is 16.2 Å². The van der Waals surface area contributed by atoms with E-state index in [1.165, 1.54) is 6.07 Å². The van der Waals surface area contributed by atoms with Crippen molar-refractivity contribution < 1.29 is 31.1 Å². The molecule has 106 valence electrons. The summed E-state index contributed by atoms with van der Waals surface area (Å²) in [5.41, 5.74) is -0.106. The Morgan fingerprint density at radius 3 is 2.42 bits per heavy atom. The largest absolute Gasteiger partial charge is 0.492 e. The second kappa shape index (κ2) is 5.60. The maximum Gasteiger partial charge on any atom is 0.392 e. The predicted octanol–water partition coefficient (Wildman–Crippen LogP) is 2.23. The summed E-state index contributed by atoms with van der Waals surface area (Å²) in [7, 11) is -3.49. The number of carbonyl (C=O) groups is 1. The van der Waals surface area contributed by atoms with Crippen LogP contribution in [0.3, 0.4) is 0 Å². The van der Waals surface area contributed by atoms with Crippen LogP contribution in [0.2, 0.25) is 0 Å². The molecule has 0 aliphatic rings. The molecule has 0 unspecified atom stereocenters. The van der Waals surface area contributed by atoms with E-state index >= 15 is 0 Å². The summed E-state index contributed by atoms with van der Waals surface area (Å²) in [4.78, 5) is 10.7. The molecule has 0 amide bonds. The van der Waals surface area contributed by atoms with E-state index in [0.29, 0.717) is 6.29 Å². The molecule has 0 radical (unpaired) electrons. The van der Waals surface area contributed by atoms with E-state index in [4.69, 9.17) is 4.74 Å². The quantitative estimate of drug-likeness (QED) is 0.782. The maximum absolute atomic E-state index is 11.9. The molecule has 0 N–H and O–H groups in total. The van der Waals surface area contributed by atoms with Crippen molar-refractivity contribution in [1.82, 2.24) is 0 Å². The standard InChI is InChI=1S/C11H11F3O4S/c1-19(16,17)9-2-3-10(8(6-9)7-15)18-5-4-11(12,13)14/h2-3,6-7H,4-5H2,1H3. The van der Waals surface area contributed by atoms with Crippen molar-refractivity contribution in [3.05, 3.63) is 23.8 Å². The lowest BCUT2D eigenvalue weighted by molar-refractivity contribution is -0.139. The number of hydrogen-bond acceptors (Lipinski definition) is 4. The molecule has 4 nitrogen and oxygen atoms in total. The Balaban J connectivity index is 2.89. The summed E-state index contributed by atoms with van der Waals surface area (Å²) in [5, 5.41) is 0. The normalized spacial score (nSPS) is 12.2. The van der Waals surface area contributed by atoms with E-state index in [2.05, 4.69) is 0 Å². The predicted molar refractivity (Wildman–Crippen MR) is 61.1 cm³/mol. The van der Waals surface area contributed by atoms with Gasteiger partial charge in [0.15, 0.2) is 16.1 Å².